The highest BCUT2D eigenvalue weighted by molar-refractivity contribution is 5.43. The molecule has 168 valence electrons. The second kappa shape index (κ2) is 8.86. The van der Waals surface area contributed by atoms with Crippen molar-refractivity contribution in [3.63, 3.8) is 0 Å². The van der Waals surface area contributed by atoms with Crippen molar-refractivity contribution < 1.29 is 0 Å². The molecule has 2 fully saturated rings. The quantitative estimate of drug-likeness (QED) is 0.558. The van der Waals surface area contributed by atoms with Gasteiger partial charge in [0.1, 0.15) is 17.2 Å². The molecule has 0 amide bonds. The molecule has 2 aromatic heterocycles. The largest absolute Gasteiger partial charge is 0.361 e. The van der Waals surface area contributed by atoms with Gasteiger partial charge in [-0.3, -0.25) is 0 Å². The number of hydrogen-bond acceptors (Lipinski definition) is 7. The molecule has 0 aliphatic heterocycles. The van der Waals surface area contributed by atoms with E-state index in [1.54, 1.807) is 0 Å². The summed E-state index contributed by atoms with van der Waals surface area (Å²) < 4.78 is 1.85. The van der Waals surface area contributed by atoms with Gasteiger partial charge < -0.3 is 16.0 Å². The monoisotopic (exact) mass is 432 g/mol. The van der Waals surface area contributed by atoms with E-state index in [0.717, 1.165) is 30.9 Å². The van der Waals surface area contributed by atoms with Gasteiger partial charge in [-0.15, -0.1) is 5.10 Å². The van der Waals surface area contributed by atoms with E-state index in [0.29, 0.717) is 11.9 Å². The van der Waals surface area contributed by atoms with Gasteiger partial charge in [-0.05, 0) is 43.2 Å². The van der Waals surface area contributed by atoms with Gasteiger partial charge in [0.05, 0.1) is 12.2 Å². The van der Waals surface area contributed by atoms with Crippen LogP contribution in [0.15, 0.2) is 48.8 Å². The topological polar surface area (TPSA) is 97.8 Å². The predicted octanol–water partition coefficient (Wildman–Crippen LogP) is 3.84. The molecule has 2 aliphatic rings. The van der Waals surface area contributed by atoms with Crippen molar-refractivity contribution in [3.05, 3.63) is 60.0 Å². The minimum Gasteiger partial charge on any atom is -0.361 e. The summed E-state index contributed by atoms with van der Waals surface area (Å²) in [5.74, 6) is 2.01. The number of nitrogens with two attached hydrogens (primary N) is 1. The fourth-order valence-electron chi connectivity index (χ4n) is 4.59. The molecule has 0 radical (unpaired) electrons. The van der Waals surface area contributed by atoms with E-state index in [2.05, 4.69) is 49.8 Å². The summed E-state index contributed by atoms with van der Waals surface area (Å²) in [5, 5.41) is 12.6. The molecule has 1 atom stereocenters. The molecular weight excluding hydrogens is 400 g/mol. The van der Waals surface area contributed by atoms with Gasteiger partial charge in [0, 0.05) is 19.8 Å². The minimum atomic E-state index is -0.343. The van der Waals surface area contributed by atoms with Crippen LogP contribution in [0.5, 0.6) is 0 Å². The maximum atomic E-state index is 6.34. The fourth-order valence-corrected chi connectivity index (χ4v) is 4.59. The van der Waals surface area contributed by atoms with E-state index in [4.69, 9.17) is 10.7 Å². The predicted molar refractivity (Wildman–Crippen MR) is 125 cm³/mol. The van der Waals surface area contributed by atoms with Gasteiger partial charge in [0.15, 0.2) is 0 Å². The zero-order valence-electron chi connectivity index (χ0n) is 18.7. The van der Waals surface area contributed by atoms with Gasteiger partial charge in [-0.25, -0.2) is 9.67 Å². The van der Waals surface area contributed by atoms with Gasteiger partial charge in [-0.2, -0.15) is 4.98 Å². The summed E-state index contributed by atoms with van der Waals surface area (Å²) in [6.07, 6.45) is 12.0. The van der Waals surface area contributed by atoms with Crippen molar-refractivity contribution in [2.45, 2.75) is 63.2 Å². The van der Waals surface area contributed by atoms with E-state index >= 15 is 0 Å². The second-order valence-electron chi connectivity index (χ2n) is 9.30. The number of anilines is 2. The lowest BCUT2D eigenvalue weighted by atomic mass is 9.83. The van der Waals surface area contributed by atoms with Crippen molar-refractivity contribution in [2.24, 2.45) is 11.7 Å². The maximum Gasteiger partial charge on any atom is 0.227 e. The summed E-state index contributed by atoms with van der Waals surface area (Å²) >= 11 is 0. The third-order valence-electron chi connectivity index (χ3n) is 6.72. The number of aromatic nitrogens is 5. The lowest BCUT2D eigenvalue weighted by molar-refractivity contribution is 0.317. The number of nitrogens with one attached hydrogen (secondary N) is 1. The van der Waals surface area contributed by atoms with Crippen LogP contribution in [0.25, 0.3) is 0 Å². The highest BCUT2D eigenvalue weighted by Crippen LogP contribution is 2.39. The highest BCUT2D eigenvalue weighted by atomic mass is 15.5. The van der Waals surface area contributed by atoms with Crippen LogP contribution in [0.2, 0.25) is 0 Å². The maximum absolute atomic E-state index is 6.34. The third kappa shape index (κ3) is 4.60. The molecule has 0 spiro atoms. The van der Waals surface area contributed by atoms with Crippen molar-refractivity contribution in [2.75, 3.05) is 17.3 Å². The Kier molecular flexibility index (Phi) is 5.78. The Morgan fingerprint density at radius 1 is 1.16 bits per heavy atom. The molecule has 2 heterocycles. The summed E-state index contributed by atoms with van der Waals surface area (Å²) in [7, 11) is 2.02. The van der Waals surface area contributed by atoms with E-state index < -0.39 is 0 Å². The summed E-state index contributed by atoms with van der Waals surface area (Å²) in [4.78, 5) is 11.4. The summed E-state index contributed by atoms with van der Waals surface area (Å²) in [5.41, 5.74) is 8.18. The van der Waals surface area contributed by atoms with E-state index in [-0.39, 0.29) is 11.7 Å². The summed E-state index contributed by atoms with van der Waals surface area (Å²) in [6, 6.07) is 12.4. The number of benzene rings is 1. The third-order valence-corrected chi connectivity index (χ3v) is 6.72. The molecule has 32 heavy (non-hydrogen) atoms. The molecule has 0 saturated heterocycles. The smallest absolute Gasteiger partial charge is 0.227 e. The standard InChI is InChI=1S/C24H32N8/c1-31(16-18-8-4-2-5-9-18)23-26-15-12-21(28-23)27-22(19-10-6-3-7-11-19)20-17-32(30-29-20)24(25)13-14-24/h2,4-5,8-9,12,15,17,19,22H,3,6-7,10-11,13-14,16,25H2,1H3,(H,26,27,28)/t22-/m0/s1. The van der Waals surface area contributed by atoms with Crippen LogP contribution in [0.3, 0.4) is 0 Å². The zero-order valence-corrected chi connectivity index (χ0v) is 18.7. The number of hydrogen-bond donors (Lipinski definition) is 2. The molecule has 2 saturated carbocycles. The first-order chi connectivity index (χ1) is 15.6. The first-order valence-corrected chi connectivity index (χ1v) is 11.7. The average molecular weight is 433 g/mol. The normalized spacial score (nSPS) is 18.8. The zero-order chi connectivity index (χ0) is 22.0. The fraction of sp³-hybridized carbons (Fsp3) is 0.500. The Labute approximate surface area is 189 Å². The van der Waals surface area contributed by atoms with Crippen LogP contribution in [0.1, 0.15) is 62.2 Å². The molecule has 1 aromatic carbocycles. The van der Waals surface area contributed by atoms with Crippen LogP contribution in [0, 0.1) is 5.92 Å². The van der Waals surface area contributed by atoms with Crippen molar-refractivity contribution in [3.8, 4) is 0 Å². The molecule has 5 rings (SSSR count). The van der Waals surface area contributed by atoms with Crippen LogP contribution < -0.4 is 16.0 Å². The molecule has 3 aromatic rings. The Bertz CT molecular complexity index is 1020. The highest BCUT2D eigenvalue weighted by Gasteiger charge is 2.42. The van der Waals surface area contributed by atoms with Gasteiger partial charge in [0.2, 0.25) is 5.95 Å². The number of rotatable bonds is 8. The van der Waals surface area contributed by atoms with Gasteiger partial charge in [0.25, 0.3) is 0 Å². The van der Waals surface area contributed by atoms with E-state index in [1.165, 1.54) is 37.7 Å². The van der Waals surface area contributed by atoms with Gasteiger partial charge in [-0.1, -0.05) is 54.8 Å². The van der Waals surface area contributed by atoms with E-state index in [9.17, 15) is 0 Å². The average Bonchev–Trinajstić information content (AvgIpc) is 3.38. The molecule has 8 heteroatoms. The Hall–Kier alpha value is -3.00. The Balaban J connectivity index is 1.36. The van der Waals surface area contributed by atoms with Gasteiger partial charge >= 0.3 is 0 Å². The van der Waals surface area contributed by atoms with Crippen LogP contribution in [-0.4, -0.2) is 32.0 Å². The Morgan fingerprint density at radius 2 is 1.94 bits per heavy atom. The van der Waals surface area contributed by atoms with Crippen molar-refractivity contribution in [1.82, 2.24) is 25.0 Å². The van der Waals surface area contributed by atoms with Crippen LogP contribution in [-0.2, 0) is 12.2 Å². The molecular formula is C24H32N8. The SMILES string of the molecule is CN(Cc1ccccc1)c1nccc(N[C@H](c2cn(C3(N)CC3)nn2)C2CCCCC2)n1. The molecule has 0 unspecified atom stereocenters. The first kappa shape index (κ1) is 20.9. The first-order valence-electron chi connectivity index (χ1n) is 11.7. The van der Waals surface area contributed by atoms with E-state index in [1.807, 2.05) is 36.3 Å². The molecule has 0 bridgehead atoms. The second-order valence-corrected chi connectivity index (χ2v) is 9.30. The van der Waals surface area contributed by atoms with Crippen LogP contribution in [0.4, 0.5) is 11.8 Å². The molecule has 8 nitrogen and oxygen atoms in total. The molecule has 3 N–H and O–H groups in total. The van der Waals surface area contributed by atoms with Crippen molar-refractivity contribution >= 4 is 11.8 Å². The van der Waals surface area contributed by atoms with Crippen molar-refractivity contribution in [1.29, 1.82) is 0 Å². The minimum absolute atomic E-state index is 0.0635. The number of nitrogens with zero attached hydrogens (tertiary/aromatic N) is 6. The molecule has 2 aliphatic carbocycles. The Morgan fingerprint density at radius 3 is 2.69 bits per heavy atom. The van der Waals surface area contributed by atoms with Crippen LogP contribution >= 0.6 is 0 Å². The lowest BCUT2D eigenvalue weighted by Gasteiger charge is -2.30. The summed E-state index contributed by atoms with van der Waals surface area (Å²) in [6.45, 7) is 0.753. The lowest BCUT2D eigenvalue weighted by Crippen LogP contribution is -2.28.